The molecule has 0 radical (unpaired) electrons. The average Bonchev–Trinajstić information content (AvgIpc) is 2.87. The molecule has 4 nitrogen and oxygen atoms in total. The smallest absolute Gasteiger partial charge is 0.367 e. The second kappa shape index (κ2) is 6.67. The molecule has 116 valence electrons. The molecule has 2 aromatic carbocycles. The summed E-state index contributed by atoms with van der Waals surface area (Å²) in [6.45, 7) is 2.14. The zero-order chi connectivity index (χ0) is 16.2. The molecule has 1 aliphatic rings. The molecule has 0 bridgehead atoms. The van der Waals surface area contributed by atoms with Gasteiger partial charge in [-0.3, -0.25) is 0 Å². The van der Waals surface area contributed by atoms with Gasteiger partial charge in [-0.25, -0.2) is 4.79 Å². The van der Waals surface area contributed by atoms with E-state index in [1.165, 1.54) is 0 Å². The van der Waals surface area contributed by atoms with Gasteiger partial charge in [-0.05, 0) is 36.8 Å². The van der Waals surface area contributed by atoms with Crippen LogP contribution in [-0.2, 0) is 16.2 Å². The minimum Gasteiger partial charge on any atom is -0.488 e. The lowest BCUT2D eigenvalue weighted by Gasteiger charge is -2.09. The molecule has 1 aliphatic heterocycles. The van der Waals surface area contributed by atoms with E-state index in [-0.39, 0.29) is 0 Å². The molecule has 0 unspecified atom stereocenters. The van der Waals surface area contributed by atoms with Crippen LogP contribution in [0.1, 0.15) is 18.1 Å². The van der Waals surface area contributed by atoms with E-state index >= 15 is 0 Å². The lowest BCUT2D eigenvalue weighted by Crippen LogP contribution is -2.02. The molecule has 0 saturated carbocycles. The summed E-state index contributed by atoms with van der Waals surface area (Å²) in [6.07, 6.45) is 1.73. The van der Waals surface area contributed by atoms with E-state index in [9.17, 15) is 4.79 Å². The normalized spacial score (nSPS) is 15.5. The Balaban J connectivity index is 1.81. The van der Waals surface area contributed by atoms with Crippen LogP contribution in [0.3, 0.4) is 0 Å². The number of carbonyl (C=O) groups is 1. The van der Waals surface area contributed by atoms with Crippen LogP contribution in [0.25, 0.3) is 6.08 Å². The largest absolute Gasteiger partial charge is 0.488 e. The molecular weight excluding hydrogens is 314 g/mol. The Bertz CT molecular complexity index is 794. The lowest BCUT2D eigenvalue weighted by atomic mass is 10.1. The molecule has 0 saturated heterocycles. The lowest BCUT2D eigenvalue weighted by molar-refractivity contribution is -0.136. The van der Waals surface area contributed by atoms with Crippen LogP contribution in [0.5, 0.6) is 5.75 Å². The Hall–Kier alpha value is -2.59. The first-order chi connectivity index (χ1) is 11.1. The summed E-state index contributed by atoms with van der Waals surface area (Å²) in [5.74, 6) is 0.234. The van der Waals surface area contributed by atoms with Crippen molar-refractivity contribution in [3.8, 4) is 5.75 Å². The van der Waals surface area contributed by atoms with Gasteiger partial charge >= 0.3 is 5.97 Å². The third-order valence-corrected chi connectivity index (χ3v) is 3.65. The number of halogens is 1. The molecule has 23 heavy (non-hydrogen) atoms. The monoisotopic (exact) mass is 327 g/mol. The molecule has 0 N–H and O–H groups in total. The highest BCUT2D eigenvalue weighted by molar-refractivity contribution is 6.30. The van der Waals surface area contributed by atoms with E-state index in [0.29, 0.717) is 28.7 Å². The Morgan fingerprint density at radius 2 is 1.91 bits per heavy atom. The van der Waals surface area contributed by atoms with E-state index in [1.807, 2.05) is 48.5 Å². The highest BCUT2D eigenvalue weighted by atomic mass is 35.5. The SMILES string of the molecule is CC1=NOC(=O)/C1=C/c1ccccc1OCc1ccc(Cl)cc1. The van der Waals surface area contributed by atoms with Crippen molar-refractivity contribution < 1.29 is 14.4 Å². The quantitative estimate of drug-likeness (QED) is 0.623. The zero-order valence-electron chi connectivity index (χ0n) is 12.5. The van der Waals surface area contributed by atoms with Crippen LogP contribution < -0.4 is 4.74 Å². The van der Waals surface area contributed by atoms with Gasteiger partial charge in [0, 0.05) is 10.6 Å². The van der Waals surface area contributed by atoms with Crippen molar-refractivity contribution in [3.05, 3.63) is 70.3 Å². The fourth-order valence-electron chi connectivity index (χ4n) is 2.15. The highest BCUT2D eigenvalue weighted by Crippen LogP contribution is 2.24. The molecule has 0 fully saturated rings. The summed E-state index contributed by atoms with van der Waals surface area (Å²) in [7, 11) is 0. The maximum absolute atomic E-state index is 11.7. The Labute approximate surface area is 139 Å². The van der Waals surface area contributed by atoms with Gasteiger partial charge in [0.05, 0.1) is 11.3 Å². The number of para-hydroxylation sites is 1. The molecule has 0 aliphatic carbocycles. The summed E-state index contributed by atoms with van der Waals surface area (Å²) < 4.78 is 5.86. The van der Waals surface area contributed by atoms with Crippen molar-refractivity contribution in [2.45, 2.75) is 13.5 Å². The number of hydrogen-bond donors (Lipinski definition) is 0. The molecule has 0 amide bonds. The second-order valence-electron chi connectivity index (χ2n) is 5.07. The van der Waals surface area contributed by atoms with Gasteiger partial charge in [-0.15, -0.1) is 0 Å². The summed E-state index contributed by atoms with van der Waals surface area (Å²) in [5, 5.41) is 4.36. The first-order valence-corrected chi connectivity index (χ1v) is 7.45. The van der Waals surface area contributed by atoms with E-state index in [1.54, 1.807) is 13.0 Å². The van der Waals surface area contributed by atoms with Crippen LogP contribution in [-0.4, -0.2) is 11.7 Å². The van der Waals surface area contributed by atoms with Crippen molar-refractivity contribution in [1.82, 2.24) is 0 Å². The first-order valence-electron chi connectivity index (χ1n) is 7.08. The van der Waals surface area contributed by atoms with Gasteiger partial charge in [0.15, 0.2) is 0 Å². The topological polar surface area (TPSA) is 47.9 Å². The molecule has 2 aromatic rings. The van der Waals surface area contributed by atoms with Crippen LogP contribution >= 0.6 is 11.6 Å². The third-order valence-electron chi connectivity index (χ3n) is 3.40. The fraction of sp³-hybridized carbons (Fsp3) is 0.111. The summed E-state index contributed by atoms with van der Waals surface area (Å²) in [5.41, 5.74) is 2.80. The molecule has 0 aromatic heterocycles. The van der Waals surface area contributed by atoms with Crippen molar-refractivity contribution >= 4 is 29.4 Å². The fourth-order valence-corrected chi connectivity index (χ4v) is 2.27. The Kier molecular flexibility index (Phi) is 4.44. The van der Waals surface area contributed by atoms with Gasteiger partial charge < -0.3 is 9.57 Å². The summed E-state index contributed by atoms with van der Waals surface area (Å²) in [4.78, 5) is 16.3. The molecule has 0 atom stereocenters. The maximum atomic E-state index is 11.7. The number of nitrogens with zero attached hydrogens (tertiary/aromatic N) is 1. The molecule has 1 heterocycles. The predicted molar refractivity (Wildman–Crippen MR) is 89.4 cm³/mol. The van der Waals surface area contributed by atoms with Gasteiger partial charge in [0.1, 0.15) is 12.4 Å². The van der Waals surface area contributed by atoms with Gasteiger partial charge in [0.2, 0.25) is 0 Å². The van der Waals surface area contributed by atoms with Crippen molar-refractivity contribution in [3.63, 3.8) is 0 Å². The Morgan fingerprint density at radius 3 is 2.61 bits per heavy atom. The maximum Gasteiger partial charge on any atom is 0.367 e. The van der Waals surface area contributed by atoms with E-state index in [2.05, 4.69) is 9.99 Å². The van der Waals surface area contributed by atoms with Gasteiger partial charge in [-0.1, -0.05) is 47.1 Å². The molecule has 5 heteroatoms. The Morgan fingerprint density at radius 1 is 1.17 bits per heavy atom. The number of ether oxygens (including phenoxy) is 1. The summed E-state index contributed by atoms with van der Waals surface area (Å²) in [6, 6.07) is 15.0. The second-order valence-corrected chi connectivity index (χ2v) is 5.50. The number of carbonyl (C=O) groups excluding carboxylic acids is 1. The predicted octanol–water partition coefficient (Wildman–Crippen LogP) is 4.24. The number of oxime groups is 1. The third kappa shape index (κ3) is 3.60. The van der Waals surface area contributed by atoms with Gasteiger partial charge in [0.25, 0.3) is 0 Å². The highest BCUT2D eigenvalue weighted by Gasteiger charge is 2.22. The molecule has 0 spiro atoms. The average molecular weight is 328 g/mol. The van der Waals surface area contributed by atoms with Crippen LogP contribution in [0, 0.1) is 0 Å². The minimum atomic E-state index is -0.449. The van der Waals surface area contributed by atoms with Crippen LogP contribution in [0.15, 0.2) is 59.3 Å². The van der Waals surface area contributed by atoms with Gasteiger partial charge in [-0.2, -0.15) is 0 Å². The number of rotatable bonds is 4. The zero-order valence-corrected chi connectivity index (χ0v) is 13.2. The van der Waals surface area contributed by atoms with E-state index in [0.717, 1.165) is 11.1 Å². The molecule has 3 rings (SSSR count). The minimum absolute atomic E-state index is 0.412. The first kappa shape index (κ1) is 15.3. The van der Waals surface area contributed by atoms with Crippen molar-refractivity contribution in [2.24, 2.45) is 5.16 Å². The molecular formula is C18H14ClNO3. The van der Waals surface area contributed by atoms with Crippen LogP contribution in [0.4, 0.5) is 0 Å². The van der Waals surface area contributed by atoms with E-state index < -0.39 is 5.97 Å². The summed E-state index contributed by atoms with van der Waals surface area (Å²) >= 11 is 5.87. The number of hydrogen-bond acceptors (Lipinski definition) is 4. The van der Waals surface area contributed by atoms with E-state index in [4.69, 9.17) is 16.3 Å². The number of benzene rings is 2. The van der Waals surface area contributed by atoms with Crippen molar-refractivity contribution in [2.75, 3.05) is 0 Å². The standard InChI is InChI=1S/C18H14ClNO3/c1-12-16(18(21)23-20-12)10-14-4-2-3-5-17(14)22-11-13-6-8-15(19)9-7-13/h2-10H,11H2,1H3/b16-10+. The van der Waals surface area contributed by atoms with Crippen molar-refractivity contribution in [1.29, 1.82) is 0 Å². The van der Waals surface area contributed by atoms with Crippen LogP contribution in [0.2, 0.25) is 5.02 Å².